The lowest BCUT2D eigenvalue weighted by atomic mass is 9.99. The molecule has 0 saturated heterocycles. The highest BCUT2D eigenvalue weighted by Crippen LogP contribution is 2.21. The fraction of sp³-hybridized carbons (Fsp3) is 0.278. The lowest BCUT2D eigenvalue weighted by Gasteiger charge is -2.17. The first-order valence-corrected chi connectivity index (χ1v) is 7.42. The smallest absolute Gasteiger partial charge is 0.272 e. The van der Waals surface area contributed by atoms with Crippen LogP contribution in [0.4, 0.5) is 5.69 Å². The zero-order valence-corrected chi connectivity index (χ0v) is 13.7. The quantitative estimate of drug-likeness (QED) is 0.685. The van der Waals surface area contributed by atoms with E-state index in [4.69, 9.17) is 0 Å². The van der Waals surface area contributed by atoms with E-state index in [1.165, 1.54) is 12.1 Å². The molecule has 0 unspecified atom stereocenters. The second kappa shape index (κ2) is 6.60. The molecular weight excluding hydrogens is 292 g/mol. The minimum Gasteiger partial charge on any atom is -0.346 e. The summed E-state index contributed by atoms with van der Waals surface area (Å²) in [6, 6.07) is 10.4. The maximum absolute atomic E-state index is 12.4. The van der Waals surface area contributed by atoms with Crippen molar-refractivity contribution < 1.29 is 9.72 Å². The average Bonchev–Trinajstić information content (AvgIpc) is 2.49. The summed E-state index contributed by atoms with van der Waals surface area (Å²) in [4.78, 5) is 22.8. The highest BCUT2D eigenvalue weighted by atomic mass is 16.6. The number of nitrogens with zero attached hydrogens (tertiary/aromatic N) is 1. The van der Waals surface area contributed by atoms with Crippen LogP contribution in [0.1, 0.15) is 45.6 Å². The molecule has 2 aromatic carbocycles. The molecule has 0 aromatic heterocycles. The molecule has 0 aliphatic heterocycles. The number of nitro groups is 1. The Morgan fingerprint density at radius 3 is 2.39 bits per heavy atom. The summed E-state index contributed by atoms with van der Waals surface area (Å²) < 4.78 is 0. The number of benzene rings is 2. The van der Waals surface area contributed by atoms with Gasteiger partial charge in [0.15, 0.2) is 0 Å². The van der Waals surface area contributed by atoms with E-state index >= 15 is 0 Å². The molecule has 0 heterocycles. The van der Waals surface area contributed by atoms with E-state index in [1.807, 2.05) is 32.9 Å². The molecule has 0 aliphatic carbocycles. The van der Waals surface area contributed by atoms with Crippen LogP contribution in [-0.4, -0.2) is 10.8 Å². The molecule has 0 fully saturated rings. The van der Waals surface area contributed by atoms with E-state index < -0.39 is 4.92 Å². The summed E-state index contributed by atoms with van der Waals surface area (Å²) in [6.45, 7) is 7.57. The van der Waals surface area contributed by atoms with Crippen molar-refractivity contribution >= 4 is 11.6 Å². The average molecular weight is 312 g/mol. The van der Waals surface area contributed by atoms with Gasteiger partial charge in [-0.2, -0.15) is 0 Å². The van der Waals surface area contributed by atoms with Crippen LogP contribution < -0.4 is 5.32 Å². The molecule has 0 spiro atoms. The molecule has 0 saturated carbocycles. The summed E-state index contributed by atoms with van der Waals surface area (Å²) in [7, 11) is 0. The molecule has 5 heteroatoms. The fourth-order valence-electron chi connectivity index (χ4n) is 2.59. The van der Waals surface area contributed by atoms with Crippen molar-refractivity contribution in [2.75, 3.05) is 0 Å². The van der Waals surface area contributed by atoms with E-state index in [1.54, 1.807) is 13.0 Å². The van der Waals surface area contributed by atoms with Crippen molar-refractivity contribution in [1.29, 1.82) is 0 Å². The predicted octanol–water partition coefficient (Wildman–Crippen LogP) is 4.01. The van der Waals surface area contributed by atoms with Crippen molar-refractivity contribution in [2.24, 2.45) is 0 Å². The molecule has 1 amide bonds. The minimum atomic E-state index is -0.449. The standard InChI is InChI=1S/C18H20N2O3/c1-11-5-6-12(2)16(9-11)14(4)19-18(21)15-7-8-17(20(22)23)13(3)10-15/h5-10,14H,1-4H3,(H,19,21)/t14-/m0/s1. The molecule has 0 aliphatic rings. The number of aryl methyl sites for hydroxylation is 3. The van der Waals surface area contributed by atoms with Crippen LogP contribution in [0.2, 0.25) is 0 Å². The summed E-state index contributed by atoms with van der Waals surface area (Å²) in [5.74, 6) is -0.239. The minimum absolute atomic E-state index is 0.0177. The molecule has 1 N–H and O–H groups in total. The van der Waals surface area contributed by atoms with Crippen molar-refractivity contribution in [3.05, 3.63) is 74.3 Å². The zero-order valence-electron chi connectivity index (χ0n) is 13.7. The number of amides is 1. The Balaban J connectivity index is 2.20. The van der Waals surface area contributed by atoms with Crippen LogP contribution in [0.25, 0.3) is 0 Å². The Morgan fingerprint density at radius 2 is 1.78 bits per heavy atom. The summed E-state index contributed by atoms with van der Waals surface area (Å²) >= 11 is 0. The van der Waals surface area contributed by atoms with Gasteiger partial charge >= 0.3 is 0 Å². The van der Waals surface area contributed by atoms with E-state index in [-0.39, 0.29) is 17.6 Å². The van der Waals surface area contributed by atoms with Gasteiger partial charge in [-0.3, -0.25) is 14.9 Å². The van der Waals surface area contributed by atoms with Gasteiger partial charge in [0.2, 0.25) is 0 Å². The number of nitro benzene ring substituents is 1. The third-order valence-electron chi connectivity index (χ3n) is 3.90. The summed E-state index contributed by atoms with van der Waals surface area (Å²) in [6.07, 6.45) is 0. The van der Waals surface area contributed by atoms with Gasteiger partial charge in [0.25, 0.3) is 11.6 Å². The molecular formula is C18H20N2O3. The molecule has 1 atom stereocenters. The first kappa shape index (κ1) is 16.7. The van der Waals surface area contributed by atoms with Gasteiger partial charge in [0, 0.05) is 17.2 Å². The van der Waals surface area contributed by atoms with Gasteiger partial charge in [-0.25, -0.2) is 0 Å². The molecule has 0 bridgehead atoms. The normalized spacial score (nSPS) is 11.8. The largest absolute Gasteiger partial charge is 0.346 e. The number of hydrogen-bond donors (Lipinski definition) is 1. The SMILES string of the molecule is Cc1ccc(C)c([C@H](C)NC(=O)c2ccc([N+](=O)[O-])c(C)c2)c1. The molecule has 120 valence electrons. The van der Waals surface area contributed by atoms with Gasteiger partial charge < -0.3 is 5.32 Å². The predicted molar refractivity (Wildman–Crippen MR) is 89.6 cm³/mol. The fourth-order valence-corrected chi connectivity index (χ4v) is 2.59. The second-order valence-electron chi connectivity index (χ2n) is 5.81. The highest BCUT2D eigenvalue weighted by molar-refractivity contribution is 5.95. The first-order valence-electron chi connectivity index (χ1n) is 7.42. The van der Waals surface area contributed by atoms with Crippen LogP contribution in [0.5, 0.6) is 0 Å². The number of carbonyl (C=O) groups is 1. The zero-order chi connectivity index (χ0) is 17.1. The molecule has 5 nitrogen and oxygen atoms in total. The van der Waals surface area contributed by atoms with Crippen molar-refractivity contribution in [3.63, 3.8) is 0 Å². The maximum Gasteiger partial charge on any atom is 0.272 e. The number of hydrogen-bond acceptors (Lipinski definition) is 3. The van der Waals surface area contributed by atoms with Crippen molar-refractivity contribution in [1.82, 2.24) is 5.32 Å². The first-order chi connectivity index (χ1) is 10.8. The number of nitrogens with one attached hydrogen (secondary N) is 1. The van der Waals surface area contributed by atoms with E-state index in [0.29, 0.717) is 11.1 Å². The van der Waals surface area contributed by atoms with Crippen LogP contribution >= 0.6 is 0 Å². The Kier molecular flexibility index (Phi) is 4.79. The number of rotatable bonds is 4. The number of carbonyl (C=O) groups excluding carboxylic acids is 1. The Labute approximate surface area is 135 Å². The van der Waals surface area contributed by atoms with Crippen LogP contribution in [0.15, 0.2) is 36.4 Å². The molecule has 2 rings (SSSR count). The Hall–Kier alpha value is -2.69. The van der Waals surface area contributed by atoms with Crippen molar-refractivity contribution in [3.8, 4) is 0 Å². The van der Waals surface area contributed by atoms with E-state index in [9.17, 15) is 14.9 Å². The molecule has 0 radical (unpaired) electrons. The van der Waals surface area contributed by atoms with Crippen LogP contribution in [0.3, 0.4) is 0 Å². The van der Waals surface area contributed by atoms with Gasteiger partial charge in [0.05, 0.1) is 11.0 Å². The van der Waals surface area contributed by atoms with E-state index in [2.05, 4.69) is 11.4 Å². The van der Waals surface area contributed by atoms with Gasteiger partial charge in [-0.05, 0) is 51.0 Å². The van der Waals surface area contributed by atoms with Crippen LogP contribution in [-0.2, 0) is 0 Å². The third kappa shape index (κ3) is 3.74. The van der Waals surface area contributed by atoms with Crippen molar-refractivity contribution in [2.45, 2.75) is 33.7 Å². The monoisotopic (exact) mass is 312 g/mol. The summed E-state index contributed by atoms with van der Waals surface area (Å²) in [5.41, 5.74) is 4.23. The lowest BCUT2D eigenvalue weighted by Crippen LogP contribution is -2.27. The Bertz CT molecular complexity index is 769. The third-order valence-corrected chi connectivity index (χ3v) is 3.90. The second-order valence-corrected chi connectivity index (χ2v) is 5.81. The van der Waals surface area contributed by atoms with Gasteiger partial charge in [-0.1, -0.05) is 23.8 Å². The topological polar surface area (TPSA) is 72.2 Å². The lowest BCUT2D eigenvalue weighted by molar-refractivity contribution is -0.385. The Morgan fingerprint density at radius 1 is 1.09 bits per heavy atom. The van der Waals surface area contributed by atoms with E-state index in [0.717, 1.165) is 16.7 Å². The maximum atomic E-state index is 12.4. The van der Waals surface area contributed by atoms with Crippen LogP contribution in [0, 0.1) is 30.9 Å². The molecule has 2 aromatic rings. The molecule has 23 heavy (non-hydrogen) atoms. The van der Waals surface area contributed by atoms with Gasteiger partial charge in [-0.15, -0.1) is 0 Å². The highest BCUT2D eigenvalue weighted by Gasteiger charge is 2.16. The van der Waals surface area contributed by atoms with Gasteiger partial charge in [0.1, 0.15) is 0 Å². The summed E-state index contributed by atoms with van der Waals surface area (Å²) in [5, 5.41) is 13.8.